The van der Waals surface area contributed by atoms with Crippen LogP contribution in [0.5, 0.6) is 0 Å². The predicted octanol–water partition coefficient (Wildman–Crippen LogP) is 2.40. The van der Waals surface area contributed by atoms with Crippen LogP contribution in [0.2, 0.25) is 0 Å². The molecule has 80 valence electrons. The highest BCUT2D eigenvalue weighted by molar-refractivity contribution is 7.09. The van der Waals surface area contributed by atoms with E-state index in [1.165, 1.54) is 11.3 Å². The third-order valence-electron chi connectivity index (χ3n) is 1.63. The molecule has 1 aromatic rings. The van der Waals surface area contributed by atoms with E-state index in [-0.39, 0.29) is 6.61 Å². The van der Waals surface area contributed by atoms with Crippen LogP contribution in [0.25, 0.3) is 0 Å². The van der Waals surface area contributed by atoms with Gasteiger partial charge in [0.1, 0.15) is 0 Å². The fourth-order valence-electron chi connectivity index (χ4n) is 0.948. The maximum Gasteiger partial charge on any atom is 0.503 e. The van der Waals surface area contributed by atoms with E-state index in [4.69, 9.17) is 0 Å². The van der Waals surface area contributed by atoms with Gasteiger partial charge in [0.15, 0.2) is 0 Å². The van der Waals surface area contributed by atoms with E-state index in [9.17, 15) is 12.9 Å². The minimum Gasteiger partial charge on any atom is -0.447 e. The number of nitrogens with zero attached hydrogens (tertiary/aromatic N) is 1. The zero-order valence-electron chi connectivity index (χ0n) is 7.67. The van der Waals surface area contributed by atoms with Crippen molar-refractivity contribution in [1.29, 1.82) is 0 Å². The molecule has 1 aromatic heterocycles. The lowest BCUT2D eigenvalue weighted by molar-refractivity contribution is 0.154. The highest BCUT2D eigenvalue weighted by Crippen LogP contribution is 2.13. The summed E-state index contributed by atoms with van der Waals surface area (Å²) in [4.78, 5) is 4.97. The van der Waals surface area contributed by atoms with E-state index >= 15 is 0 Å². The zero-order chi connectivity index (χ0) is 10.6. The first-order valence-corrected chi connectivity index (χ1v) is 5.05. The second-order valence-electron chi connectivity index (χ2n) is 2.90. The molecule has 0 amide bonds. The summed E-state index contributed by atoms with van der Waals surface area (Å²) in [5.41, 5.74) is 2.55. The van der Waals surface area contributed by atoms with Gasteiger partial charge in [-0.3, -0.25) is 0 Å². The Morgan fingerprint density at radius 1 is 1.50 bits per heavy atom. The first-order chi connectivity index (χ1) is 6.49. The summed E-state index contributed by atoms with van der Waals surface area (Å²) in [6.07, 6.45) is 0.503. The molecule has 0 aromatic carbocycles. The van der Waals surface area contributed by atoms with Gasteiger partial charge in [-0.15, -0.1) is 11.3 Å². The van der Waals surface area contributed by atoms with Crippen LogP contribution < -0.4 is 0 Å². The second kappa shape index (κ2) is 4.79. The fraction of sp³-hybridized carbons (Fsp3) is 0.571. The van der Waals surface area contributed by atoms with E-state index in [1.54, 1.807) is 5.51 Å². The molecular formula is C7H10BF3NOS-. The van der Waals surface area contributed by atoms with Crippen molar-refractivity contribution in [2.45, 2.75) is 13.3 Å². The van der Waals surface area contributed by atoms with Crippen LogP contribution in [0, 0.1) is 6.92 Å². The quantitative estimate of drug-likeness (QED) is 0.565. The summed E-state index contributed by atoms with van der Waals surface area (Å²) in [5, 5.41) is 0. The Balaban J connectivity index is 2.20. The molecule has 1 heterocycles. The summed E-state index contributed by atoms with van der Waals surface area (Å²) in [7, 11) is 0. The van der Waals surface area contributed by atoms with Crippen molar-refractivity contribution in [1.82, 2.24) is 4.98 Å². The van der Waals surface area contributed by atoms with E-state index in [2.05, 4.69) is 9.72 Å². The van der Waals surface area contributed by atoms with Gasteiger partial charge >= 0.3 is 6.98 Å². The fourth-order valence-corrected chi connectivity index (χ4v) is 1.71. The van der Waals surface area contributed by atoms with Crippen LogP contribution in [0.4, 0.5) is 12.9 Å². The smallest absolute Gasteiger partial charge is 0.447 e. The van der Waals surface area contributed by atoms with Gasteiger partial charge in [-0.2, -0.15) is 0 Å². The standard InChI is InChI=1S/C7H10BF3NOS/c1-6-7(14-5-12-6)2-3-13-4-8(9,10)11/h5H,2-4H2,1H3/q-1. The number of ether oxygens (including phenoxy) is 1. The van der Waals surface area contributed by atoms with Crippen LogP contribution in [-0.2, 0) is 11.2 Å². The number of thiazole rings is 1. The molecule has 0 aliphatic rings. The summed E-state index contributed by atoms with van der Waals surface area (Å²) < 4.78 is 39.7. The average Bonchev–Trinajstić information content (AvgIpc) is 2.44. The Morgan fingerprint density at radius 3 is 2.71 bits per heavy atom. The molecule has 0 fully saturated rings. The minimum absolute atomic E-state index is 0.101. The number of hydrogen-bond donors (Lipinski definition) is 0. The molecule has 0 spiro atoms. The Morgan fingerprint density at radius 2 is 2.21 bits per heavy atom. The number of rotatable bonds is 5. The van der Waals surface area contributed by atoms with Crippen LogP contribution in [-0.4, -0.2) is 25.1 Å². The Labute approximate surface area is 84.2 Å². The first-order valence-electron chi connectivity index (χ1n) is 4.17. The molecule has 0 bridgehead atoms. The molecule has 0 N–H and O–H groups in total. The van der Waals surface area contributed by atoms with E-state index in [1.807, 2.05) is 6.92 Å². The van der Waals surface area contributed by atoms with E-state index < -0.39 is 13.5 Å². The van der Waals surface area contributed by atoms with E-state index in [0.717, 1.165) is 10.6 Å². The molecule has 1 rings (SSSR count). The van der Waals surface area contributed by atoms with Gasteiger partial charge in [0.05, 0.1) is 11.2 Å². The third kappa shape index (κ3) is 4.10. The molecule has 0 radical (unpaired) electrons. The number of hydrogen-bond acceptors (Lipinski definition) is 3. The lowest BCUT2D eigenvalue weighted by atomic mass is 9.95. The van der Waals surface area contributed by atoms with Gasteiger partial charge in [-0.25, -0.2) is 4.98 Å². The lowest BCUT2D eigenvalue weighted by Crippen LogP contribution is -2.24. The molecule has 0 unspecified atom stereocenters. The molecule has 7 heteroatoms. The SMILES string of the molecule is Cc1ncsc1CCOC[B-](F)(F)F. The van der Waals surface area contributed by atoms with Gasteiger partial charge in [-0.1, -0.05) is 0 Å². The Bertz CT molecular complexity index is 289. The molecular weight excluding hydrogens is 214 g/mol. The first kappa shape index (κ1) is 11.5. The molecule has 0 aliphatic heterocycles. The van der Waals surface area contributed by atoms with Crippen LogP contribution in [0.3, 0.4) is 0 Å². The summed E-state index contributed by atoms with van der Waals surface area (Å²) in [6.45, 7) is -3.99. The van der Waals surface area contributed by atoms with Gasteiger partial charge in [0.2, 0.25) is 0 Å². The van der Waals surface area contributed by atoms with Crippen molar-refractivity contribution in [3.05, 3.63) is 16.1 Å². The molecule has 0 saturated carbocycles. The van der Waals surface area contributed by atoms with Gasteiger partial charge in [0.25, 0.3) is 0 Å². The van der Waals surface area contributed by atoms with Crippen molar-refractivity contribution in [2.24, 2.45) is 0 Å². The molecule has 0 aliphatic carbocycles. The van der Waals surface area contributed by atoms with Crippen molar-refractivity contribution < 1.29 is 17.7 Å². The summed E-state index contributed by atoms with van der Waals surface area (Å²) in [6, 6.07) is 0. The van der Waals surface area contributed by atoms with Gasteiger partial charge in [0, 0.05) is 24.4 Å². The normalized spacial score (nSPS) is 12.0. The topological polar surface area (TPSA) is 22.1 Å². The number of aromatic nitrogens is 1. The van der Waals surface area contributed by atoms with Crippen LogP contribution in [0.15, 0.2) is 5.51 Å². The predicted molar refractivity (Wildman–Crippen MR) is 50.5 cm³/mol. The Kier molecular flexibility index (Phi) is 3.94. The molecule has 0 atom stereocenters. The summed E-state index contributed by atoms with van der Waals surface area (Å²) >= 11 is 1.44. The molecule has 0 saturated heterocycles. The van der Waals surface area contributed by atoms with E-state index in [0.29, 0.717) is 6.42 Å². The maximum atomic E-state index is 11.7. The molecule has 14 heavy (non-hydrogen) atoms. The van der Waals surface area contributed by atoms with Gasteiger partial charge in [-0.05, 0) is 6.92 Å². The monoisotopic (exact) mass is 224 g/mol. The van der Waals surface area contributed by atoms with Crippen molar-refractivity contribution >= 4 is 18.3 Å². The summed E-state index contributed by atoms with van der Waals surface area (Å²) in [5.74, 6) is 0. The highest BCUT2D eigenvalue weighted by atomic mass is 32.1. The van der Waals surface area contributed by atoms with Crippen LogP contribution in [0.1, 0.15) is 10.6 Å². The zero-order valence-corrected chi connectivity index (χ0v) is 8.49. The lowest BCUT2D eigenvalue weighted by Gasteiger charge is -2.13. The minimum atomic E-state index is -4.82. The second-order valence-corrected chi connectivity index (χ2v) is 3.84. The number of halogens is 3. The van der Waals surface area contributed by atoms with Crippen molar-refractivity contribution in [3.8, 4) is 0 Å². The Hall–Kier alpha value is -0.555. The highest BCUT2D eigenvalue weighted by Gasteiger charge is 2.22. The molecule has 2 nitrogen and oxygen atoms in total. The third-order valence-corrected chi connectivity index (χ3v) is 2.62. The maximum absolute atomic E-state index is 11.7. The average molecular weight is 224 g/mol. The van der Waals surface area contributed by atoms with Crippen LogP contribution >= 0.6 is 11.3 Å². The van der Waals surface area contributed by atoms with Gasteiger partial charge < -0.3 is 17.7 Å². The van der Waals surface area contributed by atoms with Crippen molar-refractivity contribution in [3.63, 3.8) is 0 Å². The largest absolute Gasteiger partial charge is 0.503 e. The number of aryl methyl sites for hydroxylation is 1. The van der Waals surface area contributed by atoms with Crippen molar-refractivity contribution in [2.75, 3.05) is 13.1 Å².